The highest BCUT2D eigenvalue weighted by atomic mass is 16.5. The van der Waals surface area contributed by atoms with E-state index in [4.69, 9.17) is 9.47 Å². The van der Waals surface area contributed by atoms with Gasteiger partial charge in [-0.1, -0.05) is 18.2 Å². The number of carbonyl (C=O) groups is 1. The molecule has 1 aromatic rings. The van der Waals surface area contributed by atoms with Gasteiger partial charge in [0.1, 0.15) is 5.75 Å². The summed E-state index contributed by atoms with van der Waals surface area (Å²) in [7, 11) is 0. The smallest absolute Gasteiger partial charge is 0.258 e. The average Bonchev–Trinajstić information content (AvgIpc) is 2.51. The molecule has 2 rings (SSSR count). The third-order valence-corrected chi connectivity index (χ3v) is 4.11. The van der Waals surface area contributed by atoms with Gasteiger partial charge in [0.2, 0.25) is 0 Å². The molecule has 1 saturated heterocycles. The zero-order valence-electron chi connectivity index (χ0n) is 14.5. The molecule has 1 amide bonds. The van der Waals surface area contributed by atoms with E-state index in [0.29, 0.717) is 12.3 Å². The SMILES string of the molecule is C[C@H]1CN(C(C)(C)CNC(=O)COc2ccccc2)C[C@H](C)O1. The zero-order chi connectivity index (χ0) is 16.9. The number of nitrogens with one attached hydrogen (secondary N) is 1. The van der Waals surface area contributed by atoms with Crippen LogP contribution in [-0.2, 0) is 9.53 Å². The van der Waals surface area contributed by atoms with Crippen molar-refractivity contribution in [2.24, 2.45) is 0 Å². The maximum Gasteiger partial charge on any atom is 0.258 e. The van der Waals surface area contributed by atoms with Crippen LogP contribution >= 0.6 is 0 Å². The summed E-state index contributed by atoms with van der Waals surface area (Å²) in [6, 6.07) is 9.37. The van der Waals surface area contributed by atoms with E-state index in [1.54, 1.807) is 0 Å². The second-order valence-electron chi connectivity index (χ2n) is 6.85. The van der Waals surface area contributed by atoms with Gasteiger partial charge >= 0.3 is 0 Å². The fraction of sp³-hybridized carbons (Fsp3) is 0.611. The van der Waals surface area contributed by atoms with Crippen LogP contribution in [0.2, 0.25) is 0 Å². The molecule has 1 fully saturated rings. The van der Waals surface area contributed by atoms with Crippen LogP contribution in [0.3, 0.4) is 0 Å². The number of rotatable bonds is 6. The molecule has 1 N–H and O–H groups in total. The minimum absolute atomic E-state index is 0.0377. The lowest BCUT2D eigenvalue weighted by Crippen LogP contribution is -2.58. The van der Waals surface area contributed by atoms with Crippen molar-refractivity contribution in [2.75, 3.05) is 26.2 Å². The topological polar surface area (TPSA) is 50.8 Å². The van der Waals surface area contributed by atoms with E-state index in [0.717, 1.165) is 13.1 Å². The Labute approximate surface area is 139 Å². The molecule has 5 nitrogen and oxygen atoms in total. The van der Waals surface area contributed by atoms with Gasteiger partial charge in [-0.3, -0.25) is 9.69 Å². The van der Waals surface area contributed by atoms with E-state index in [1.807, 2.05) is 30.3 Å². The Morgan fingerprint density at radius 1 is 1.26 bits per heavy atom. The molecule has 0 radical (unpaired) electrons. The Hall–Kier alpha value is -1.59. The second kappa shape index (κ2) is 7.79. The first-order valence-corrected chi connectivity index (χ1v) is 8.22. The third-order valence-electron chi connectivity index (χ3n) is 4.11. The van der Waals surface area contributed by atoms with E-state index in [-0.39, 0.29) is 30.3 Å². The second-order valence-corrected chi connectivity index (χ2v) is 6.85. The predicted molar refractivity (Wildman–Crippen MR) is 90.6 cm³/mol. The number of ether oxygens (including phenoxy) is 2. The summed E-state index contributed by atoms with van der Waals surface area (Å²) >= 11 is 0. The Morgan fingerprint density at radius 3 is 2.48 bits per heavy atom. The van der Waals surface area contributed by atoms with Crippen molar-refractivity contribution >= 4 is 5.91 Å². The van der Waals surface area contributed by atoms with E-state index in [9.17, 15) is 4.79 Å². The predicted octanol–water partition coefficient (Wildman–Crippen LogP) is 2.07. The van der Waals surface area contributed by atoms with E-state index < -0.39 is 0 Å². The molecule has 0 aromatic heterocycles. The van der Waals surface area contributed by atoms with Gasteiger partial charge in [-0.25, -0.2) is 0 Å². The first kappa shape index (κ1) is 17.8. The number of benzene rings is 1. The number of hydrogen-bond acceptors (Lipinski definition) is 4. The van der Waals surface area contributed by atoms with Crippen LogP contribution in [0.15, 0.2) is 30.3 Å². The minimum atomic E-state index is -0.116. The van der Waals surface area contributed by atoms with Crippen LogP contribution in [0, 0.1) is 0 Å². The van der Waals surface area contributed by atoms with Crippen molar-refractivity contribution in [1.29, 1.82) is 0 Å². The van der Waals surface area contributed by atoms with E-state index in [2.05, 4.69) is 37.9 Å². The van der Waals surface area contributed by atoms with Crippen LogP contribution in [0.1, 0.15) is 27.7 Å². The molecule has 0 aliphatic carbocycles. The lowest BCUT2D eigenvalue weighted by Gasteiger charge is -2.45. The maximum absolute atomic E-state index is 12.0. The van der Waals surface area contributed by atoms with E-state index >= 15 is 0 Å². The van der Waals surface area contributed by atoms with Crippen LogP contribution in [-0.4, -0.2) is 54.8 Å². The van der Waals surface area contributed by atoms with Gasteiger partial charge in [-0.15, -0.1) is 0 Å². The molecular formula is C18H28N2O3. The zero-order valence-corrected chi connectivity index (χ0v) is 14.5. The summed E-state index contributed by atoms with van der Waals surface area (Å²) in [4.78, 5) is 14.4. The fourth-order valence-corrected chi connectivity index (χ4v) is 2.82. The number of hydrogen-bond donors (Lipinski definition) is 1. The number of nitrogens with zero attached hydrogens (tertiary/aromatic N) is 1. The standard InChI is InChI=1S/C18H28N2O3/c1-14-10-20(11-15(2)23-14)18(3,4)13-19-17(21)12-22-16-8-6-5-7-9-16/h5-9,14-15H,10-13H2,1-4H3,(H,19,21)/t14-,15-/m0/s1. The molecule has 1 aliphatic heterocycles. The molecule has 1 aromatic carbocycles. The number of para-hydroxylation sites is 1. The van der Waals surface area contributed by atoms with Gasteiger partial charge in [-0.05, 0) is 39.8 Å². The molecule has 0 unspecified atom stereocenters. The number of amides is 1. The molecule has 0 spiro atoms. The van der Waals surface area contributed by atoms with Crippen molar-refractivity contribution in [2.45, 2.75) is 45.4 Å². The quantitative estimate of drug-likeness (QED) is 0.872. The molecule has 0 saturated carbocycles. The third kappa shape index (κ3) is 5.52. The monoisotopic (exact) mass is 320 g/mol. The highest BCUT2D eigenvalue weighted by Gasteiger charge is 2.33. The summed E-state index contributed by atoms with van der Waals surface area (Å²) in [6.07, 6.45) is 0.435. The van der Waals surface area contributed by atoms with Crippen LogP contribution in [0.25, 0.3) is 0 Å². The molecular weight excluding hydrogens is 292 g/mol. The molecule has 0 bridgehead atoms. The largest absolute Gasteiger partial charge is 0.484 e. The minimum Gasteiger partial charge on any atom is -0.484 e. The van der Waals surface area contributed by atoms with Crippen molar-refractivity contribution in [3.8, 4) is 5.75 Å². The van der Waals surface area contributed by atoms with Gasteiger partial charge < -0.3 is 14.8 Å². The van der Waals surface area contributed by atoms with Crippen molar-refractivity contribution in [1.82, 2.24) is 10.2 Å². The molecule has 23 heavy (non-hydrogen) atoms. The fourth-order valence-electron chi connectivity index (χ4n) is 2.82. The van der Waals surface area contributed by atoms with Gasteiger partial charge in [-0.2, -0.15) is 0 Å². The summed E-state index contributed by atoms with van der Waals surface area (Å²) in [5.74, 6) is 0.606. The molecule has 1 aliphatic rings. The van der Waals surface area contributed by atoms with Crippen LogP contribution in [0.4, 0.5) is 0 Å². The normalized spacial score (nSPS) is 22.6. The van der Waals surface area contributed by atoms with Crippen LogP contribution in [0.5, 0.6) is 5.75 Å². The van der Waals surface area contributed by atoms with Crippen molar-refractivity contribution < 1.29 is 14.3 Å². The first-order chi connectivity index (χ1) is 10.9. The van der Waals surface area contributed by atoms with Gasteiger partial charge in [0.15, 0.2) is 6.61 Å². The Balaban J connectivity index is 1.78. The van der Waals surface area contributed by atoms with Crippen LogP contribution < -0.4 is 10.1 Å². The first-order valence-electron chi connectivity index (χ1n) is 8.22. The number of morpholine rings is 1. The lowest BCUT2D eigenvalue weighted by molar-refractivity contribution is -0.124. The Bertz CT molecular complexity index is 494. The molecule has 2 atom stereocenters. The summed E-state index contributed by atoms with van der Waals surface area (Å²) < 4.78 is 11.2. The van der Waals surface area contributed by atoms with E-state index in [1.165, 1.54) is 0 Å². The maximum atomic E-state index is 12.0. The average molecular weight is 320 g/mol. The van der Waals surface area contributed by atoms with Gasteiger partial charge in [0.05, 0.1) is 12.2 Å². The highest BCUT2D eigenvalue weighted by molar-refractivity contribution is 5.77. The summed E-state index contributed by atoms with van der Waals surface area (Å²) in [6.45, 7) is 10.9. The number of carbonyl (C=O) groups excluding carboxylic acids is 1. The Morgan fingerprint density at radius 2 is 1.87 bits per heavy atom. The van der Waals surface area contributed by atoms with Crippen molar-refractivity contribution in [3.05, 3.63) is 30.3 Å². The molecule has 128 valence electrons. The van der Waals surface area contributed by atoms with Gasteiger partial charge in [0, 0.05) is 25.2 Å². The lowest BCUT2D eigenvalue weighted by atomic mass is 10.00. The summed E-state index contributed by atoms with van der Waals surface area (Å²) in [5.41, 5.74) is -0.116. The molecule has 5 heteroatoms. The Kier molecular flexibility index (Phi) is 6.02. The van der Waals surface area contributed by atoms with Gasteiger partial charge in [0.25, 0.3) is 5.91 Å². The highest BCUT2D eigenvalue weighted by Crippen LogP contribution is 2.20. The molecule has 1 heterocycles. The summed E-state index contributed by atoms with van der Waals surface area (Å²) in [5, 5.41) is 2.97. The van der Waals surface area contributed by atoms with Crippen molar-refractivity contribution in [3.63, 3.8) is 0 Å².